The molecule has 6 heavy (non-hydrogen) atoms. The first-order chi connectivity index (χ1) is 2.81. The summed E-state index contributed by atoms with van der Waals surface area (Å²) in [7, 11) is 0. The van der Waals surface area contributed by atoms with Crippen LogP contribution in [0.2, 0.25) is 0 Å². The van der Waals surface area contributed by atoms with Crippen molar-refractivity contribution in [1.82, 2.24) is 0 Å². The van der Waals surface area contributed by atoms with Crippen molar-refractivity contribution >= 4 is 6.29 Å². The molecule has 0 aromatic rings. The minimum absolute atomic E-state index is 0.565. The smallest absolute Gasteiger partial charge is 0.147 e. The number of allylic oxidation sites excluding steroid dienone is 1. The molecule has 0 aliphatic rings. The van der Waals surface area contributed by atoms with Crippen molar-refractivity contribution in [3.8, 4) is 0 Å². The third-order valence-electron chi connectivity index (χ3n) is 0.449. The predicted molar refractivity (Wildman–Crippen MR) is 24.0 cm³/mol. The zero-order valence-corrected chi connectivity index (χ0v) is 3.64. The summed E-state index contributed by atoms with van der Waals surface area (Å²) >= 11 is 0. The molecular weight excluding hydrogens is 78.1 g/mol. The Hall–Kier alpha value is -0.790. The second kappa shape index (κ2) is 2.45. The summed E-state index contributed by atoms with van der Waals surface area (Å²) in [6.45, 7) is 1.65. The molecule has 0 fully saturated rings. The van der Waals surface area contributed by atoms with Crippen molar-refractivity contribution in [3.05, 3.63) is 11.8 Å². The molecule has 0 atom stereocenters. The SMILES string of the molecule is CC(C=O)=CN. The van der Waals surface area contributed by atoms with E-state index >= 15 is 0 Å². The zero-order valence-electron chi connectivity index (χ0n) is 3.64. The summed E-state index contributed by atoms with van der Waals surface area (Å²) in [6.07, 6.45) is 1.98. The number of hydrogen-bond acceptors (Lipinski definition) is 2. The topological polar surface area (TPSA) is 43.1 Å². The van der Waals surface area contributed by atoms with E-state index in [-0.39, 0.29) is 0 Å². The lowest BCUT2D eigenvalue weighted by molar-refractivity contribution is -0.104. The van der Waals surface area contributed by atoms with E-state index in [1.165, 1.54) is 6.20 Å². The van der Waals surface area contributed by atoms with Crippen LogP contribution in [-0.2, 0) is 4.79 Å². The van der Waals surface area contributed by atoms with Gasteiger partial charge < -0.3 is 5.73 Å². The zero-order chi connectivity index (χ0) is 4.99. The minimum Gasteiger partial charge on any atom is -0.404 e. The van der Waals surface area contributed by atoms with Crippen LogP contribution in [0.25, 0.3) is 0 Å². The molecule has 0 spiro atoms. The quantitative estimate of drug-likeness (QED) is 0.361. The number of rotatable bonds is 1. The van der Waals surface area contributed by atoms with Crippen molar-refractivity contribution in [2.24, 2.45) is 5.73 Å². The van der Waals surface area contributed by atoms with Crippen LogP contribution in [0, 0.1) is 0 Å². The van der Waals surface area contributed by atoms with E-state index in [1.807, 2.05) is 0 Å². The van der Waals surface area contributed by atoms with Crippen LogP contribution >= 0.6 is 0 Å². The van der Waals surface area contributed by atoms with Crippen molar-refractivity contribution in [1.29, 1.82) is 0 Å². The summed E-state index contributed by atoms with van der Waals surface area (Å²) in [4.78, 5) is 9.59. The van der Waals surface area contributed by atoms with Gasteiger partial charge in [-0.1, -0.05) is 0 Å². The first-order valence-corrected chi connectivity index (χ1v) is 1.65. The summed E-state index contributed by atoms with van der Waals surface area (Å²) in [5.41, 5.74) is 5.45. The average Bonchev–Trinajstić information content (AvgIpc) is 1.65. The maximum atomic E-state index is 9.59. The Balaban J connectivity index is 3.50. The van der Waals surface area contributed by atoms with Gasteiger partial charge in [0.1, 0.15) is 6.29 Å². The molecule has 0 rings (SSSR count). The Bertz CT molecular complexity index is 75.6. The molecule has 34 valence electrons. The Labute approximate surface area is 36.6 Å². The van der Waals surface area contributed by atoms with Crippen LogP contribution < -0.4 is 5.73 Å². The second-order valence-corrected chi connectivity index (χ2v) is 1.03. The highest BCUT2D eigenvalue weighted by Gasteiger charge is 1.73. The third-order valence-corrected chi connectivity index (χ3v) is 0.449. The number of nitrogens with two attached hydrogens (primary N) is 1. The summed E-state index contributed by atoms with van der Waals surface area (Å²) in [5.74, 6) is 0. The molecule has 0 heterocycles. The van der Waals surface area contributed by atoms with Gasteiger partial charge in [-0.25, -0.2) is 0 Å². The van der Waals surface area contributed by atoms with Gasteiger partial charge in [0.05, 0.1) is 0 Å². The standard InChI is InChI=1S/C4H7NO/c1-4(2-5)3-6/h2-3H,5H2,1H3. The van der Waals surface area contributed by atoms with Gasteiger partial charge in [0.15, 0.2) is 0 Å². The molecule has 0 saturated heterocycles. The predicted octanol–water partition coefficient (Wildman–Crippen LogP) is 0.0478. The Morgan fingerprint density at radius 2 is 2.33 bits per heavy atom. The molecule has 0 saturated carbocycles. The lowest BCUT2D eigenvalue weighted by Gasteiger charge is -1.74. The normalized spacial score (nSPS) is 11.2. The van der Waals surface area contributed by atoms with Crippen molar-refractivity contribution < 1.29 is 4.79 Å². The van der Waals surface area contributed by atoms with Crippen molar-refractivity contribution in [2.45, 2.75) is 6.92 Å². The molecule has 0 aromatic carbocycles. The van der Waals surface area contributed by atoms with Crippen molar-refractivity contribution in [2.75, 3.05) is 0 Å². The molecule has 0 bridgehead atoms. The van der Waals surface area contributed by atoms with Gasteiger partial charge in [0.25, 0.3) is 0 Å². The van der Waals surface area contributed by atoms with E-state index in [4.69, 9.17) is 5.73 Å². The fraction of sp³-hybridized carbons (Fsp3) is 0.250. The molecule has 2 heteroatoms. The molecule has 0 unspecified atom stereocenters. The minimum atomic E-state index is 0.565. The van der Waals surface area contributed by atoms with Gasteiger partial charge in [-0.15, -0.1) is 0 Å². The van der Waals surface area contributed by atoms with E-state index in [1.54, 1.807) is 6.92 Å². The molecule has 0 aromatic heterocycles. The van der Waals surface area contributed by atoms with Crippen LogP contribution in [0.1, 0.15) is 6.92 Å². The van der Waals surface area contributed by atoms with Crippen molar-refractivity contribution in [3.63, 3.8) is 0 Å². The van der Waals surface area contributed by atoms with Gasteiger partial charge in [0.2, 0.25) is 0 Å². The van der Waals surface area contributed by atoms with E-state index < -0.39 is 0 Å². The summed E-state index contributed by atoms with van der Waals surface area (Å²) < 4.78 is 0. The second-order valence-electron chi connectivity index (χ2n) is 1.03. The highest BCUT2D eigenvalue weighted by Crippen LogP contribution is 1.75. The first-order valence-electron chi connectivity index (χ1n) is 1.65. The van der Waals surface area contributed by atoms with Gasteiger partial charge >= 0.3 is 0 Å². The number of carbonyl (C=O) groups excluding carboxylic acids is 1. The highest BCUT2D eigenvalue weighted by molar-refractivity contribution is 5.71. The van der Waals surface area contributed by atoms with Crippen LogP contribution in [0.15, 0.2) is 11.8 Å². The van der Waals surface area contributed by atoms with Crippen LogP contribution in [0.3, 0.4) is 0 Å². The maximum absolute atomic E-state index is 9.59. The largest absolute Gasteiger partial charge is 0.404 e. The molecule has 0 amide bonds. The van der Waals surface area contributed by atoms with E-state index in [0.717, 1.165) is 0 Å². The van der Waals surface area contributed by atoms with Gasteiger partial charge in [-0.2, -0.15) is 0 Å². The maximum Gasteiger partial charge on any atom is 0.147 e. The molecule has 2 N–H and O–H groups in total. The monoisotopic (exact) mass is 85.1 g/mol. The summed E-state index contributed by atoms with van der Waals surface area (Å²) in [6, 6.07) is 0. The van der Waals surface area contributed by atoms with E-state index in [0.29, 0.717) is 11.9 Å². The van der Waals surface area contributed by atoms with Crippen LogP contribution in [-0.4, -0.2) is 6.29 Å². The fourth-order valence-electron chi connectivity index (χ4n) is 0.0393. The fourth-order valence-corrected chi connectivity index (χ4v) is 0.0393. The molecular formula is C4H7NO. The van der Waals surface area contributed by atoms with Crippen LogP contribution in [0.4, 0.5) is 0 Å². The lowest BCUT2D eigenvalue weighted by atomic mass is 10.4. The number of hydrogen-bond donors (Lipinski definition) is 1. The Kier molecular flexibility index (Phi) is 2.13. The van der Waals surface area contributed by atoms with E-state index in [2.05, 4.69) is 0 Å². The molecule has 2 nitrogen and oxygen atoms in total. The highest BCUT2D eigenvalue weighted by atomic mass is 16.1. The molecule has 0 radical (unpaired) electrons. The van der Waals surface area contributed by atoms with Gasteiger partial charge in [0, 0.05) is 11.8 Å². The Morgan fingerprint density at radius 3 is 2.33 bits per heavy atom. The molecule has 0 aliphatic heterocycles. The first kappa shape index (κ1) is 5.21. The van der Waals surface area contributed by atoms with Gasteiger partial charge in [-0.05, 0) is 6.92 Å². The van der Waals surface area contributed by atoms with E-state index in [9.17, 15) is 4.79 Å². The Morgan fingerprint density at radius 1 is 1.83 bits per heavy atom. The number of carbonyl (C=O) groups is 1. The van der Waals surface area contributed by atoms with Crippen LogP contribution in [0.5, 0.6) is 0 Å². The lowest BCUT2D eigenvalue weighted by Crippen LogP contribution is -1.83. The molecule has 0 aliphatic carbocycles. The van der Waals surface area contributed by atoms with Gasteiger partial charge in [-0.3, -0.25) is 4.79 Å². The third kappa shape index (κ3) is 1.52. The number of aldehydes is 1. The average molecular weight is 85.1 g/mol. The summed E-state index contributed by atoms with van der Waals surface area (Å²) in [5, 5.41) is 0.